The highest BCUT2D eigenvalue weighted by atomic mass is 35.5. The number of anilines is 1. The number of aromatic nitrogens is 4. The number of carbonyl (C=O) groups excluding carboxylic acids is 1. The molecule has 0 spiro atoms. The van der Waals surface area contributed by atoms with Crippen molar-refractivity contribution in [1.29, 1.82) is 0 Å². The molecule has 5 aromatic rings. The minimum atomic E-state index is -0.275. The van der Waals surface area contributed by atoms with Crippen molar-refractivity contribution < 1.29 is 4.79 Å². The van der Waals surface area contributed by atoms with E-state index in [0.29, 0.717) is 21.0 Å². The van der Waals surface area contributed by atoms with Gasteiger partial charge >= 0.3 is 0 Å². The highest BCUT2D eigenvalue weighted by Crippen LogP contribution is 2.34. The molecule has 0 radical (unpaired) electrons. The molecule has 9 heteroatoms. The summed E-state index contributed by atoms with van der Waals surface area (Å²) >= 11 is 9.14. The summed E-state index contributed by atoms with van der Waals surface area (Å²) in [6.45, 7) is 3.86. The lowest BCUT2D eigenvalue weighted by Crippen LogP contribution is -2.14. The molecule has 6 nitrogen and oxygen atoms in total. The Morgan fingerprint density at radius 3 is 2.72 bits per heavy atom. The molecule has 1 N–H and O–H groups in total. The number of aryl methyl sites for hydroxylation is 2. The van der Waals surface area contributed by atoms with Crippen LogP contribution in [0.4, 0.5) is 5.82 Å². The van der Waals surface area contributed by atoms with Crippen molar-refractivity contribution in [2.45, 2.75) is 13.8 Å². The van der Waals surface area contributed by atoms with Gasteiger partial charge in [-0.25, -0.2) is 9.97 Å². The van der Waals surface area contributed by atoms with Crippen molar-refractivity contribution in [3.63, 3.8) is 0 Å². The van der Waals surface area contributed by atoms with Crippen LogP contribution in [-0.2, 0) is 0 Å². The molecule has 2 aromatic carbocycles. The first kappa shape index (κ1) is 18.2. The number of hydrogen-bond donors (Lipinski definition) is 1. The molecule has 29 heavy (non-hydrogen) atoms. The molecule has 0 bridgehead atoms. The zero-order valence-electron chi connectivity index (χ0n) is 15.4. The minimum absolute atomic E-state index is 0.275. The lowest BCUT2D eigenvalue weighted by atomic mass is 10.2. The molecule has 0 aliphatic carbocycles. The fourth-order valence-corrected chi connectivity index (χ4v) is 5.20. The predicted octanol–water partition coefficient (Wildman–Crippen LogP) is 5.61. The van der Waals surface area contributed by atoms with Crippen molar-refractivity contribution in [3.8, 4) is 5.13 Å². The first-order valence-corrected chi connectivity index (χ1v) is 10.8. The Bertz CT molecular complexity index is 1330. The zero-order valence-corrected chi connectivity index (χ0v) is 17.8. The smallest absolute Gasteiger partial charge is 0.285 e. The van der Waals surface area contributed by atoms with Crippen molar-refractivity contribution in [3.05, 3.63) is 63.8 Å². The molecule has 0 saturated carbocycles. The summed E-state index contributed by atoms with van der Waals surface area (Å²) < 4.78 is 3.51. The Kier molecular flexibility index (Phi) is 4.34. The summed E-state index contributed by atoms with van der Waals surface area (Å²) in [5.74, 6) is 0.266. The number of halogens is 1. The Morgan fingerprint density at radius 2 is 1.93 bits per heavy atom. The number of fused-ring (bicyclic) bond motifs is 2. The van der Waals surface area contributed by atoms with Crippen LogP contribution >= 0.6 is 34.3 Å². The summed E-state index contributed by atoms with van der Waals surface area (Å²) in [6.07, 6.45) is 0. The molecule has 144 valence electrons. The van der Waals surface area contributed by atoms with Gasteiger partial charge in [0.05, 0.1) is 31.1 Å². The maximum absolute atomic E-state index is 12.8. The van der Waals surface area contributed by atoms with Gasteiger partial charge in [-0.1, -0.05) is 41.1 Å². The van der Waals surface area contributed by atoms with Crippen LogP contribution in [0.3, 0.4) is 0 Å². The van der Waals surface area contributed by atoms with E-state index in [-0.39, 0.29) is 5.91 Å². The number of nitrogens with one attached hydrogen (secondary N) is 1. The third-order valence-corrected chi connectivity index (χ3v) is 6.95. The van der Waals surface area contributed by atoms with Gasteiger partial charge < -0.3 is 5.32 Å². The number of carbonyl (C=O) groups is 1. The average Bonchev–Trinajstić information content (AvgIpc) is 3.41. The average molecular weight is 440 g/mol. The van der Waals surface area contributed by atoms with Crippen LogP contribution in [0.5, 0.6) is 0 Å². The molecule has 5 rings (SSSR count). The van der Waals surface area contributed by atoms with Gasteiger partial charge in [0.1, 0.15) is 5.82 Å². The molecule has 0 saturated heterocycles. The van der Waals surface area contributed by atoms with Crippen molar-refractivity contribution in [2.75, 3.05) is 5.32 Å². The lowest BCUT2D eigenvalue weighted by Gasteiger charge is -2.04. The number of rotatable bonds is 3. The number of thiazole rings is 2. The minimum Gasteiger partial charge on any atom is -0.304 e. The van der Waals surface area contributed by atoms with Gasteiger partial charge in [0.25, 0.3) is 5.91 Å². The van der Waals surface area contributed by atoms with Crippen LogP contribution in [0.25, 0.3) is 25.6 Å². The van der Waals surface area contributed by atoms with Crippen molar-refractivity contribution >= 4 is 66.4 Å². The van der Waals surface area contributed by atoms with E-state index in [2.05, 4.69) is 15.4 Å². The van der Waals surface area contributed by atoms with Crippen LogP contribution < -0.4 is 5.32 Å². The molecular formula is C20H14ClN5OS2. The van der Waals surface area contributed by atoms with E-state index in [1.165, 1.54) is 22.7 Å². The van der Waals surface area contributed by atoms with E-state index in [1.807, 2.05) is 56.3 Å². The molecule has 0 fully saturated rings. The topological polar surface area (TPSA) is 72.7 Å². The van der Waals surface area contributed by atoms with E-state index >= 15 is 0 Å². The molecule has 0 unspecified atom stereocenters. The lowest BCUT2D eigenvalue weighted by molar-refractivity contribution is 0.102. The molecule has 0 atom stereocenters. The van der Waals surface area contributed by atoms with Crippen LogP contribution in [0, 0.1) is 13.8 Å². The maximum Gasteiger partial charge on any atom is 0.285 e. The summed E-state index contributed by atoms with van der Waals surface area (Å²) in [5, 5.41) is 9.13. The monoisotopic (exact) mass is 439 g/mol. The van der Waals surface area contributed by atoms with E-state index in [4.69, 9.17) is 16.6 Å². The van der Waals surface area contributed by atoms with E-state index in [0.717, 1.165) is 31.7 Å². The highest BCUT2D eigenvalue weighted by molar-refractivity contribution is 7.21. The Balaban J connectivity index is 1.53. The van der Waals surface area contributed by atoms with Gasteiger partial charge in [-0.05, 0) is 37.6 Å². The second-order valence-electron chi connectivity index (χ2n) is 6.56. The number of nitrogens with zero attached hydrogens (tertiary/aromatic N) is 4. The second kappa shape index (κ2) is 6.91. The van der Waals surface area contributed by atoms with E-state index in [1.54, 1.807) is 4.68 Å². The normalized spacial score (nSPS) is 11.4. The molecule has 0 aliphatic heterocycles. The second-order valence-corrected chi connectivity index (χ2v) is 8.98. The quantitative estimate of drug-likeness (QED) is 0.396. The molecule has 3 aromatic heterocycles. The molecule has 3 heterocycles. The first-order chi connectivity index (χ1) is 14.0. The van der Waals surface area contributed by atoms with Gasteiger partial charge in [0.15, 0.2) is 5.01 Å². The van der Waals surface area contributed by atoms with Gasteiger partial charge in [0, 0.05) is 6.07 Å². The number of benzene rings is 2. The fourth-order valence-electron chi connectivity index (χ4n) is 3.05. The molecule has 1 amide bonds. The largest absolute Gasteiger partial charge is 0.304 e. The fraction of sp³-hybridized carbons (Fsp3) is 0.100. The first-order valence-electron chi connectivity index (χ1n) is 8.79. The van der Waals surface area contributed by atoms with Crippen LogP contribution in [0.2, 0.25) is 5.02 Å². The summed E-state index contributed by atoms with van der Waals surface area (Å²) in [7, 11) is 0. The third-order valence-electron chi connectivity index (χ3n) is 4.43. The third kappa shape index (κ3) is 3.19. The summed E-state index contributed by atoms with van der Waals surface area (Å²) in [4.78, 5) is 21.9. The highest BCUT2D eigenvalue weighted by Gasteiger charge is 2.19. The van der Waals surface area contributed by atoms with Crippen LogP contribution in [0.1, 0.15) is 21.1 Å². The van der Waals surface area contributed by atoms with Crippen molar-refractivity contribution in [1.82, 2.24) is 19.7 Å². The number of para-hydroxylation sites is 1. The van der Waals surface area contributed by atoms with Gasteiger partial charge in [0.2, 0.25) is 5.13 Å². The Hall–Kier alpha value is -2.81. The maximum atomic E-state index is 12.8. The number of hydrogen-bond acceptors (Lipinski definition) is 6. The van der Waals surface area contributed by atoms with Crippen LogP contribution in [0.15, 0.2) is 42.5 Å². The Morgan fingerprint density at radius 1 is 1.10 bits per heavy atom. The van der Waals surface area contributed by atoms with E-state index < -0.39 is 0 Å². The number of amides is 1. The predicted molar refractivity (Wildman–Crippen MR) is 119 cm³/mol. The van der Waals surface area contributed by atoms with Crippen molar-refractivity contribution in [2.24, 2.45) is 0 Å². The standard InChI is InChI=1S/C20H14ClN5OS2/c1-10-7-8-12(21)17-16(10)24-20(29-17)26-15(9-11(2)25-26)23-18(27)19-22-13-5-3-4-6-14(13)28-19/h3-9H,1-2H3,(H,23,27). The van der Waals surface area contributed by atoms with Gasteiger partial charge in [-0.2, -0.15) is 9.78 Å². The van der Waals surface area contributed by atoms with Gasteiger partial charge in [-0.3, -0.25) is 4.79 Å². The molecule has 0 aliphatic rings. The zero-order chi connectivity index (χ0) is 20.1. The molecular weight excluding hydrogens is 426 g/mol. The summed E-state index contributed by atoms with van der Waals surface area (Å²) in [6, 6.07) is 13.3. The Labute approximate surface area is 178 Å². The van der Waals surface area contributed by atoms with E-state index in [9.17, 15) is 4.79 Å². The summed E-state index contributed by atoms with van der Waals surface area (Å²) in [5.41, 5.74) is 3.46. The van der Waals surface area contributed by atoms with Crippen LogP contribution in [-0.4, -0.2) is 25.7 Å². The van der Waals surface area contributed by atoms with Gasteiger partial charge in [-0.15, -0.1) is 11.3 Å². The SMILES string of the molecule is Cc1cc(NC(=O)c2nc3ccccc3s2)n(-c2nc3c(C)ccc(Cl)c3s2)n1.